The molecule has 0 atom stereocenters. The van der Waals surface area contributed by atoms with E-state index in [1.165, 1.54) is 12.3 Å². The highest BCUT2D eigenvalue weighted by atomic mass is 35.5. The molecule has 0 spiro atoms. The lowest BCUT2D eigenvalue weighted by atomic mass is 10.2. The zero-order valence-corrected chi connectivity index (χ0v) is 15.9. The number of rotatable bonds is 5. The van der Waals surface area contributed by atoms with E-state index in [9.17, 15) is 9.59 Å². The number of amides is 1. The molecule has 0 saturated carbocycles. The van der Waals surface area contributed by atoms with Gasteiger partial charge in [-0.3, -0.25) is 9.59 Å². The summed E-state index contributed by atoms with van der Waals surface area (Å²) in [6.45, 7) is 2.00. The Balaban J connectivity index is 1.76. The van der Waals surface area contributed by atoms with Crippen molar-refractivity contribution in [2.24, 2.45) is 0 Å². The topological polar surface area (TPSA) is 60.3 Å². The van der Waals surface area contributed by atoms with Gasteiger partial charge in [-0.25, -0.2) is 0 Å². The molecule has 0 fully saturated rings. The quantitative estimate of drug-likeness (QED) is 0.689. The highest BCUT2D eigenvalue weighted by Gasteiger charge is 2.13. The Kier molecular flexibility index (Phi) is 5.84. The van der Waals surface area contributed by atoms with Gasteiger partial charge in [0.05, 0.1) is 0 Å². The van der Waals surface area contributed by atoms with Gasteiger partial charge in [0, 0.05) is 21.9 Å². The molecule has 5 nitrogen and oxygen atoms in total. The fourth-order valence-corrected chi connectivity index (χ4v) is 2.78. The zero-order valence-electron chi connectivity index (χ0n) is 14.4. The van der Waals surface area contributed by atoms with Crippen molar-refractivity contribution in [1.82, 2.24) is 4.73 Å². The van der Waals surface area contributed by atoms with Crippen LogP contribution in [0, 0.1) is 6.92 Å². The molecule has 0 aliphatic carbocycles. The van der Waals surface area contributed by atoms with Gasteiger partial charge >= 0.3 is 0 Å². The van der Waals surface area contributed by atoms with Gasteiger partial charge in [-0.1, -0.05) is 41.4 Å². The first-order chi connectivity index (χ1) is 12.9. The van der Waals surface area contributed by atoms with Crippen molar-refractivity contribution in [3.05, 3.63) is 97.9 Å². The second-order valence-corrected chi connectivity index (χ2v) is 6.72. The van der Waals surface area contributed by atoms with Crippen LogP contribution < -0.4 is 15.7 Å². The summed E-state index contributed by atoms with van der Waals surface area (Å²) in [6.07, 6.45) is 1.45. The molecule has 27 heavy (non-hydrogen) atoms. The number of carbonyl (C=O) groups is 1. The number of aryl methyl sites for hydroxylation is 1. The van der Waals surface area contributed by atoms with Crippen LogP contribution in [0.4, 0.5) is 5.69 Å². The summed E-state index contributed by atoms with van der Waals surface area (Å²) in [7, 11) is 0. The lowest BCUT2D eigenvalue weighted by Crippen LogP contribution is -2.32. The molecule has 3 aromatic rings. The number of benzene rings is 2. The lowest BCUT2D eigenvalue weighted by Gasteiger charge is -2.11. The summed E-state index contributed by atoms with van der Waals surface area (Å²) in [6, 6.07) is 15.2. The average molecular weight is 403 g/mol. The van der Waals surface area contributed by atoms with Gasteiger partial charge in [0.1, 0.15) is 12.2 Å². The van der Waals surface area contributed by atoms with Gasteiger partial charge in [0.2, 0.25) is 0 Å². The van der Waals surface area contributed by atoms with Crippen molar-refractivity contribution in [1.29, 1.82) is 0 Å². The minimum atomic E-state index is -0.560. The van der Waals surface area contributed by atoms with Crippen molar-refractivity contribution in [2.45, 2.75) is 13.5 Å². The smallest absolute Gasteiger partial charge is 0.295 e. The molecular formula is C20H16Cl2N2O3. The maximum absolute atomic E-state index is 12.5. The van der Waals surface area contributed by atoms with E-state index in [1.54, 1.807) is 42.5 Å². The standard InChI is InChI=1S/C20H16Cl2N2O3/c1-13-7-8-16(11-18(13)22)23-19(25)17-6-3-9-24(20(17)26)27-12-14-4-2-5-15(21)10-14/h2-11H,12H2,1H3,(H,23,25). The Morgan fingerprint density at radius 1 is 1.11 bits per heavy atom. The monoisotopic (exact) mass is 402 g/mol. The lowest BCUT2D eigenvalue weighted by molar-refractivity contribution is 0.0863. The van der Waals surface area contributed by atoms with Gasteiger partial charge in [-0.2, -0.15) is 4.73 Å². The Morgan fingerprint density at radius 2 is 1.93 bits per heavy atom. The van der Waals surface area contributed by atoms with E-state index in [4.69, 9.17) is 28.0 Å². The normalized spacial score (nSPS) is 10.5. The Morgan fingerprint density at radius 3 is 2.67 bits per heavy atom. The number of aromatic nitrogens is 1. The Hall–Kier alpha value is -2.76. The van der Waals surface area contributed by atoms with Crippen LogP contribution >= 0.6 is 23.2 Å². The summed E-state index contributed by atoms with van der Waals surface area (Å²) in [5.74, 6) is -0.541. The van der Waals surface area contributed by atoms with Crippen molar-refractivity contribution >= 4 is 34.8 Å². The maximum Gasteiger partial charge on any atom is 0.295 e. The third-order valence-electron chi connectivity index (χ3n) is 3.85. The van der Waals surface area contributed by atoms with Gasteiger partial charge in [0.25, 0.3) is 11.5 Å². The molecule has 0 saturated heterocycles. The molecule has 0 unspecified atom stereocenters. The fraction of sp³-hybridized carbons (Fsp3) is 0.100. The third-order valence-corrected chi connectivity index (χ3v) is 4.49. The van der Waals surface area contributed by atoms with Crippen molar-refractivity contribution in [2.75, 3.05) is 5.32 Å². The molecule has 0 radical (unpaired) electrons. The van der Waals surface area contributed by atoms with Crippen LogP contribution in [0.3, 0.4) is 0 Å². The molecule has 0 bridgehead atoms. The summed E-state index contributed by atoms with van der Waals surface area (Å²) in [5, 5.41) is 3.77. The number of nitrogens with one attached hydrogen (secondary N) is 1. The van der Waals surface area contributed by atoms with E-state index in [-0.39, 0.29) is 12.2 Å². The summed E-state index contributed by atoms with van der Waals surface area (Å²) >= 11 is 12.0. The van der Waals surface area contributed by atoms with Crippen LogP contribution in [0.25, 0.3) is 0 Å². The molecule has 2 aromatic carbocycles. The molecular weight excluding hydrogens is 387 g/mol. The van der Waals surface area contributed by atoms with Crippen molar-refractivity contribution in [3.8, 4) is 0 Å². The summed E-state index contributed by atoms with van der Waals surface area (Å²) in [5.41, 5.74) is 1.60. The van der Waals surface area contributed by atoms with Crippen molar-refractivity contribution in [3.63, 3.8) is 0 Å². The molecule has 3 rings (SSSR count). The minimum Gasteiger partial charge on any atom is -0.406 e. The molecule has 1 heterocycles. The predicted octanol–water partition coefficient (Wildman–Crippen LogP) is 4.34. The number of hydrogen-bond acceptors (Lipinski definition) is 3. The highest BCUT2D eigenvalue weighted by molar-refractivity contribution is 6.31. The van der Waals surface area contributed by atoms with Gasteiger partial charge < -0.3 is 10.2 Å². The number of hydrogen-bond donors (Lipinski definition) is 1. The number of carbonyl (C=O) groups excluding carboxylic acids is 1. The molecule has 1 N–H and O–H groups in total. The molecule has 138 valence electrons. The first kappa shape index (κ1) is 19.0. The second-order valence-electron chi connectivity index (χ2n) is 5.87. The van der Waals surface area contributed by atoms with E-state index in [1.807, 2.05) is 13.0 Å². The molecule has 1 aromatic heterocycles. The summed E-state index contributed by atoms with van der Waals surface area (Å²) in [4.78, 5) is 30.5. The SMILES string of the molecule is Cc1ccc(NC(=O)c2cccn(OCc3cccc(Cl)c3)c2=O)cc1Cl. The Bertz CT molecular complexity index is 1050. The van der Waals surface area contributed by atoms with Crippen LogP contribution in [0.2, 0.25) is 10.0 Å². The van der Waals surface area contributed by atoms with Crippen molar-refractivity contribution < 1.29 is 9.63 Å². The number of halogens is 2. The number of pyridine rings is 1. The maximum atomic E-state index is 12.5. The highest BCUT2D eigenvalue weighted by Crippen LogP contribution is 2.20. The second kappa shape index (κ2) is 8.29. The molecule has 1 amide bonds. The summed E-state index contributed by atoms with van der Waals surface area (Å²) < 4.78 is 1.03. The van der Waals surface area contributed by atoms with Gasteiger partial charge in [0.15, 0.2) is 0 Å². The van der Waals surface area contributed by atoms with E-state index in [2.05, 4.69) is 5.32 Å². The number of nitrogens with zero attached hydrogens (tertiary/aromatic N) is 1. The van der Waals surface area contributed by atoms with Crippen LogP contribution in [0.15, 0.2) is 65.6 Å². The van der Waals surface area contributed by atoms with Gasteiger partial charge in [-0.05, 0) is 54.4 Å². The number of anilines is 1. The van der Waals surface area contributed by atoms with E-state index >= 15 is 0 Å². The van der Waals surface area contributed by atoms with E-state index in [0.717, 1.165) is 15.9 Å². The Labute approximate surface area is 166 Å². The van der Waals surface area contributed by atoms with Gasteiger partial charge in [-0.15, -0.1) is 0 Å². The van der Waals surface area contributed by atoms with Crippen LogP contribution in [-0.4, -0.2) is 10.6 Å². The van der Waals surface area contributed by atoms with Crippen LogP contribution in [-0.2, 0) is 6.61 Å². The average Bonchev–Trinajstić information content (AvgIpc) is 2.64. The minimum absolute atomic E-state index is 0.0414. The van der Waals surface area contributed by atoms with Crippen LogP contribution in [0.1, 0.15) is 21.5 Å². The third kappa shape index (κ3) is 4.70. The first-order valence-corrected chi connectivity index (χ1v) is 8.86. The predicted molar refractivity (Wildman–Crippen MR) is 107 cm³/mol. The van der Waals surface area contributed by atoms with E-state index in [0.29, 0.717) is 15.7 Å². The fourth-order valence-electron chi connectivity index (χ4n) is 2.39. The first-order valence-electron chi connectivity index (χ1n) is 8.11. The zero-order chi connectivity index (χ0) is 19.4. The molecule has 0 aliphatic rings. The largest absolute Gasteiger partial charge is 0.406 e. The van der Waals surface area contributed by atoms with E-state index < -0.39 is 11.5 Å². The van der Waals surface area contributed by atoms with Crippen LogP contribution in [0.5, 0.6) is 0 Å². The molecule has 7 heteroatoms. The molecule has 0 aliphatic heterocycles.